The van der Waals surface area contributed by atoms with Crippen LogP contribution in [0.1, 0.15) is 23.6 Å². The number of nitriles is 1. The monoisotopic (exact) mass is 314 g/mol. The van der Waals surface area contributed by atoms with Crippen LogP contribution in [0.5, 0.6) is 0 Å². The Labute approximate surface area is 119 Å². The van der Waals surface area contributed by atoms with Crippen molar-refractivity contribution in [3.8, 4) is 6.07 Å². The zero-order valence-corrected chi connectivity index (χ0v) is 11.8. The average molecular weight is 315 g/mol. The maximum atomic E-state index is 9.34. The van der Waals surface area contributed by atoms with Gasteiger partial charge in [-0.25, -0.2) is 0 Å². The maximum Gasteiger partial charge on any atom is 0.174 e. The summed E-state index contributed by atoms with van der Waals surface area (Å²) in [4.78, 5) is 0. The molecule has 3 rings (SSSR count). The van der Waals surface area contributed by atoms with Gasteiger partial charge in [0.15, 0.2) is 5.82 Å². The molecule has 2 heterocycles. The minimum absolute atomic E-state index is 0.558. The molecule has 0 fully saturated rings. The Bertz CT molecular complexity index is 676. The second-order valence-corrected chi connectivity index (χ2v) is 5.33. The lowest BCUT2D eigenvalue weighted by Gasteiger charge is -2.01. The Hall–Kier alpha value is -1.93. The van der Waals surface area contributed by atoms with Gasteiger partial charge in [-0.2, -0.15) is 5.26 Å². The number of hydrogen-bond donors (Lipinski definition) is 0. The molecule has 0 saturated carbocycles. The van der Waals surface area contributed by atoms with Gasteiger partial charge in [-0.05, 0) is 30.2 Å². The Balaban J connectivity index is 2.01. The molecule has 4 nitrogen and oxygen atoms in total. The molecule has 1 aromatic carbocycles. The fraction of sp³-hybridized carbons (Fsp3) is 0.214. The van der Waals surface area contributed by atoms with E-state index < -0.39 is 0 Å². The van der Waals surface area contributed by atoms with E-state index in [0.29, 0.717) is 11.4 Å². The summed E-state index contributed by atoms with van der Waals surface area (Å²) in [5, 5.41) is 17.6. The van der Waals surface area contributed by atoms with Crippen molar-refractivity contribution in [1.29, 1.82) is 5.26 Å². The highest BCUT2D eigenvalue weighted by molar-refractivity contribution is 9.10. The summed E-state index contributed by atoms with van der Waals surface area (Å²) in [7, 11) is 0. The smallest absolute Gasteiger partial charge is 0.174 e. The summed E-state index contributed by atoms with van der Waals surface area (Å²) < 4.78 is 3.06. The van der Waals surface area contributed by atoms with E-state index in [1.165, 1.54) is 0 Å². The van der Waals surface area contributed by atoms with Crippen molar-refractivity contribution >= 4 is 27.6 Å². The Morgan fingerprint density at radius 3 is 2.84 bits per heavy atom. The Kier molecular flexibility index (Phi) is 3.18. The summed E-state index contributed by atoms with van der Waals surface area (Å²) >= 11 is 3.40. The van der Waals surface area contributed by atoms with Crippen molar-refractivity contribution in [2.45, 2.75) is 19.4 Å². The number of rotatable bonds is 2. The largest absolute Gasteiger partial charge is 0.310 e. The second kappa shape index (κ2) is 4.98. The van der Waals surface area contributed by atoms with Crippen molar-refractivity contribution in [3.05, 3.63) is 46.0 Å². The van der Waals surface area contributed by atoms with Crippen LogP contribution < -0.4 is 0 Å². The van der Waals surface area contributed by atoms with E-state index in [9.17, 15) is 5.26 Å². The van der Waals surface area contributed by atoms with Gasteiger partial charge in [0.25, 0.3) is 0 Å². The molecule has 0 bridgehead atoms. The van der Waals surface area contributed by atoms with Crippen LogP contribution in [0.4, 0.5) is 0 Å². The van der Waals surface area contributed by atoms with Gasteiger partial charge in [0.05, 0.1) is 5.57 Å². The molecule has 0 amide bonds. The van der Waals surface area contributed by atoms with Crippen LogP contribution in [0.15, 0.2) is 28.7 Å². The first-order chi connectivity index (χ1) is 9.28. The van der Waals surface area contributed by atoms with Crippen LogP contribution in [-0.4, -0.2) is 14.8 Å². The lowest BCUT2D eigenvalue weighted by atomic mass is 10.1. The van der Waals surface area contributed by atoms with Gasteiger partial charge >= 0.3 is 0 Å². The number of allylic oxidation sites excluding steroid dienone is 1. The molecule has 94 valence electrons. The van der Waals surface area contributed by atoms with Crippen LogP contribution in [0.3, 0.4) is 0 Å². The normalized spacial score (nSPS) is 14.2. The predicted molar refractivity (Wildman–Crippen MR) is 76.0 cm³/mol. The van der Waals surface area contributed by atoms with Crippen LogP contribution in [0.2, 0.25) is 0 Å². The molecular weight excluding hydrogens is 304 g/mol. The number of fused-ring (bicyclic) bond motifs is 1. The average Bonchev–Trinajstić information content (AvgIpc) is 3.01. The van der Waals surface area contributed by atoms with Crippen molar-refractivity contribution in [2.75, 3.05) is 0 Å². The second-order valence-electron chi connectivity index (χ2n) is 4.42. The van der Waals surface area contributed by atoms with Crippen LogP contribution in [0.25, 0.3) is 11.6 Å². The van der Waals surface area contributed by atoms with Gasteiger partial charge in [0.1, 0.15) is 11.9 Å². The summed E-state index contributed by atoms with van der Waals surface area (Å²) in [5.41, 5.74) is 1.54. The molecule has 1 aromatic heterocycles. The highest BCUT2D eigenvalue weighted by Crippen LogP contribution is 2.22. The first kappa shape index (κ1) is 12.1. The van der Waals surface area contributed by atoms with Gasteiger partial charge in [0, 0.05) is 17.4 Å². The molecule has 2 aromatic rings. The molecular formula is C14H11BrN4. The highest BCUT2D eigenvalue weighted by Gasteiger charge is 2.19. The van der Waals surface area contributed by atoms with Gasteiger partial charge in [-0.1, -0.05) is 28.1 Å². The Morgan fingerprint density at radius 2 is 2.11 bits per heavy atom. The van der Waals surface area contributed by atoms with Crippen molar-refractivity contribution in [1.82, 2.24) is 14.8 Å². The maximum absolute atomic E-state index is 9.34. The summed E-state index contributed by atoms with van der Waals surface area (Å²) in [5.74, 6) is 1.66. The number of halogens is 1. The molecule has 0 aliphatic carbocycles. The van der Waals surface area contributed by atoms with Crippen LogP contribution >= 0.6 is 15.9 Å². The van der Waals surface area contributed by atoms with Gasteiger partial charge in [-0.3, -0.25) is 0 Å². The zero-order chi connectivity index (χ0) is 13.2. The lowest BCUT2D eigenvalue weighted by Crippen LogP contribution is -1.99. The van der Waals surface area contributed by atoms with Gasteiger partial charge < -0.3 is 4.57 Å². The number of hydrogen-bond acceptors (Lipinski definition) is 3. The van der Waals surface area contributed by atoms with E-state index in [1.54, 1.807) is 0 Å². The first-order valence-corrected chi connectivity index (χ1v) is 6.87. The van der Waals surface area contributed by atoms with Crippen LogP contribution in [-0.2, 0) is 13.0 Å². The lowest BCUT2D eigenvalue weighted by molar-refractivity contribution is 0.732. The van der Waals surface area contributed by atoms with E-state index in [2.05, 4.69) is 32.2 Å². The zero-order valence-electron chi connectivity index (χ0n) is 10.2. The number of aryl methyl sites for hydroxylation is 1. The molecule has 0 saturated heterocycles. The SMILES string of the molecule is N#C/C(=C\c1ccc(Br)cc1)c1nnc2n1CCC2. The number of nitrogens with zero attached hydrogens (tertiary/aromatic N) is 4. The predicted octanol–water partition coefficient (Wildman–Crippen LogP) is 3.05. The molecule has 1 aliphatic heterocycles. The third-order valence-electron chi connectivity index (χ3n) is 3.15. The van der Waals surface area contributed by atoms with Gasteiger partial charge in [-0.15, -0.1) is 10.2 Å². The molecule has 0 N–H and O–H groups in total. The summed E-state index contributed by atoms with van der Waals surface area (Å²) in [6, 6.07) is 10.1. The summed E-state index contributed by atoms with van der Waals surface area (Å²) in [6.45, 7) is 0.900. The molecule has 0 radical (unpaired) electrons. The molecule has 0 atom stereocenters. The number of aromatic nitrogens is 3. The van der Waals surface area contributed by atoms with E-state index in [1.807, 2.05) is 34.9 Å². The minimum atomic E-state index is 0.558. The number of benzene rings is 1. The third-order valence-corrected chi connectivity index (χ3v) is 3.68. The topological polar surface area (TPSA) is 54.5 Å². The van der Waals surface area contributed by atoms with Crippen molar-refractivity contribution in [3.63, 3.8) is 0 Å². The highest BCUT2D eigenvalue weighted by atomic mass is 79.9. The molecule has 0 spiro atoms. The molecule has 5 heteroatoms. The molecule has 0 unspecified atom stereocenters. The molecule has 19 heavy (non-hydrogen) atoms. The molecule has 1 aliphatic rings. The standard InChI is InChI=1S/C14H11BrN4/c15-12-5-3-10(4-6-12)8-11(9-16)14-18-17-13-2-1-7-19(13)14/h3-6,8H,1-2,7H2/b11-8+. The van der Waals surface area contributed by atoms with Crippen molar-refractivity contribution < 1.29 is 0 Å². The first-order valence-electron chi connectivity index (χ1n) is 6.08. The fourth-order valence-electron chi connectivity index (χ4n) is 2.22. The van der Waals surface area contributed by atoms with E-state index in [-0.39, 0.29) is 0 Å². The minimum Gasteiger partial charge on any atom is -0.310 e. The van der Waals surface area contributed by atoms with Gasteiger partial charge in [0.2, 0.25) is 0 Å². The van der Waals surface area contributed by atoms with E-state index in [4.69, 9.17) is 0 Å². The third kappa shape index (κ3) is 2.32. The van der Waals surface area contributed by atoms with E-state index >= 15 is 0 Å². The van der Waals surface area contributed by atoms with E-state index in [0.717, 1.165) is 35.2 Å². The quantitative estimate of drug-likeness (QED) is 0.800. The Morgan fingerprint density at radius 1 is 1.32 bits per heavy atom. The van der Waals surface area contributed by atoms with Crippen molar-refractivity contribution in [2.24, 2.45) is 0 Å². The van der Waals surface area contributed by atoms with Crippen LogP contribution in [0, 0.1) is 11.3 Å². The summed E-state index contributed by atoms with van der Waals surface area (Å²) in [6.07, 6.45) is 3.88. The fourth-order valence-corrected chi connectivity index (χ4v) is 2.49.